The van der Waals surface area contributed by atoms with Gasteiger partial charge in [-0.05, 0) is 50.5 Å². The lowest BCUT2D eigenvalue weighted by atomic mass is 9.99. The SMILES string of the molecule is CCCCc1oc2ccccc2c1C(=O)N1CCC(OCCCN2CC3CCCC(=O)NC3C2)CC1. The molecule has 3 saturated heterocycles. The van der Waals surface area contributed by atoms with Crippen LogP contribution >= 0.6 is 0 Å². The Labute approximate surface area is 214 Å². The van der Waals surface area contributed by atoms with Crippen LogP contribution in [0, 0.1) is 5.92 Å². The van der Waals surface area contributed by atoms with Gasteiger partial charge in [-0.2, -0.15) is 0 Å². The van der Waals surface area contributed by atoms with Crippen molar-refractivity contribution in [1.29, 1.82) is 0 Å². The van der Waals surface area contributed by atoms with Crippen LogP contribution in [0.3, 0.4) is 0 Å². The van der Waals surface area contributed by atoms with Crippen molar-refractivity contribution in [2.24, 2.45) is 5.92 Å². The minimum absolute atomic E-state index is 0.0999. The number of carbonyl (C=O) groups excluding carboxylic acids is 2. The molecule has 36 heavy (non-hydrogen) atoms. The van der Waals surface area contributed by atoms with E-state index in [1.165, 1.54) is 0 Å². The number of ether oxygens (including phenoxy) is 1. The van der Waals surface area contributed by atoms with Crippen LogP contribution in [0.15, 0.2) is 28.7 Å². The molecular weight excluding hydrogens is 454 g/mol. The molecule has 0 saturated carbocycles. The third-order valence-electron chi connectivity index (χ3n) is 8.18. The standard InChI is InChI=1S/C29H41N3O4/c1-2-3-10-26-28(23-9-4-5-11-25(23)36-26)29(34)32-16-13-22(14-17-32)35-18-7-15-31-19-21-8-6-12-27(33)30-24(21)20-31/h4-5,9,11,21-22,24H,2-3,6-8,10,12-20H2,1H3,(H,30,33). The number of hydrogen-bond acceptors (Lipinski definition) is 5. The normalized spacial score (nSPS) is 23.6. The summed E-state index contributed by atoms with van der Waals surface area (Å²) in [7, 11) is 0. The molecule has 0 aliphatic carbocycles. The van der Waals surface area contributed by atoms with Gasteiger partial charge in [0.05, 0.1) is 11.7 Å². The number of unbranched alkanes of at least 4 members (excludes halogenated alkanes) is 1. The number of hydrogen-bond donors (Lipinski definition) is 1. The maximum atomic E-state index is 13.5. The van der Waals surface area contributed by atoms with Gasteiger partial charge in [-0.25, -0.2) is 0 Å². The molecule has 4 heterocycles. The van der Waals surface area contributed by atoms with Gasteiger partial charge in [0.25, 0.3) is 5.91 Å². The largest absolute Gasteiger partial charge is 0.460 e. The van der Waals surface area contributed by atoms with Crippen LogP contribution in [-0.4, -0.2) is 73.1 Å². The number of likely N-dealkylation sites (tertiary alicyclic amines) is 2. The number of carbonyl (C=O) groups is 2. The molecule has 1 aromatic heterocycles. The highest BCUT2D eigenvalue weighted by molar-refractivity contribution is 6.07. The lowest BCUT2D eigenvalue weighted by molar-refractivity contribution is -0.121. The van der Waals surface area contributed by atoms with Gasteiger partial charge in [-0.15, -0.1) is 0 Å². The second-order valence-corrected chi connectivity index (χ2v) is 10.8. The van der Waals surface area contributed by atoms with Crippen LogP contribution in [0.4, 0.5) is 0 Å². The van der Waals surface area contributed by atoms with E-state index in [0.717, 1.165) is 113 Å². The molecule has 2 atom stereocenters. The first-order valence-electron chi connectivity index (χ1n) is 14.1. The molecule has 1 aromatic carbocycles. The van der Waals surface area contributed by atoms with Crippen molar-refractivity contribution in [3.63, 3.8) is 0 Å². The zero-order valence-electron chi connectivity index (χ0n) is 21.7. The number of aryl methyl sites for hydroxylation is 1. The molecule has 5 rings (SSSR count). The van der Waals surface area contributed by atoms with Crippen molar-refractivity contribution < 1.29 is 18.7 Å². The number of fused-ring (bicyclic) bond motifs is 2. The molecule has 7 nitrogen and oxygen atoms in total. The summed E-state index contributed by atoms with van der Waals surface area (Å²) < 4.78 is 12.3. The first-order valence-corrected chi connectivity index (χ1v) is 14.1. The molecule has 196 valence electrons. The Morgan fingerprint density at radius 2 is 1.97 bits per heavy atom. The Bertz CT molecular complexity index is 1040. The molecule has 2 aromatic rings. The van der Waals surface area contributed by atoms with Crippen molar-refractivity contribution in [3.05, 3.63) is 35.6 Å². The van der Waals surface area contributed by atoms with E-state index in [4.69, 9.17) is 9.15 Å². The van der Waals surface area contributed by atoms with Crippen LogP contribution in [-0.2, 0) is 16.0 Å². The molecular formula is C29H41N3O4. The zero-order chi connectivity index (χ0) is 24.9. The molecule has 3 aliphatic heterocycles. The average Bonchev–Trinajstić information content (AvgIpc) is 3.40. The maximum Gasteiger partial charge on any atom is 0.258 e. The zero-order valence-corrected chi connectivity index (χ0v) is 21.7. The Kier molecular flexibility index (Phi) is 8.27. The highest BCUT2D eigenvalue weighted by Gasteiger charge is 2.35. The van der Waals surface area contributed by atoms with Gasteiger partial charge in [-0.1, -0.05) is 31.5 Å². The molecule has 0 radical (unpaired) electrons. The number of para-hydroxylation sites is 1. The van der Waals surface area contributed by atoms with Gasteiger partial charge in [0.15, 0.2) is 0 Å². The maximum absolute atomic E-state index is 13.5. The van der Waals surface area contributed by atoms with Crippen LogP contribution in [0.2, 0.25) is 0 Å². The summed E-state index contributed by atoms with van der Waals surface area (Å²) in [5.74, 6) is 1.76. The molecule has 2 amide bonds. The molecule has 3 aliphatic rings. The van der Waals surface area contributed by atoms with Gasteiger partial charge >= 0.3 is 0 Å². The van der Waals surface area contributed by atoms with E-state index in [2.05, 4.69) is 17.1 Å². The van der Waals surface area contributed by atoms with E-state index in [-0.39, 0.29) is 17.9 Å². The van der Waals surface area contributed by atoms with Crippen molar-refractivity contribution in [3.8, 4) is 0 Å². The summed E-state index contributed by atoms with van der Waals surface area (Å²) in [5.41, 5.74) is 1.57. The Balaban J connectivity index is 1.06. The van der Waals surface area contributed by atoms with E-state index in [1.807, 2.05) is 29.2 Å². The number of amides is 2. The first-order chi connectivity index (χ1) is 17.6. The lowest BCUT2D eigenvalue weighted by Crippen LogP contribution is -2.41. The summed E-state index contributed by atoms with van der Waals surface area (Å²) in [4.78, 5) is 29.8. The van der Waals surface area contributed by atoms with E-state index >= 15 is 0 Å². The Hall–Kier alpha value is -2.38. The Morgan fingerprint density at radius 3 is 2.81 bits per heavy atom. The molecule has 2 unspecified atom stereocenters. The second kappa shape index (κ2) is 11.8. The predicted octanol–water partition coefficient (Wildman–Crippen LogP) is 4.39. The smallest absolute Gasteiger partial charge is 0.258 e. The van der Waals surface area contributed by atoms with Crippen LogP contribution in [0.25, 0.3) is 11.0 Å². The number of rotatable bonds is 9. The third kappa shape index (κ3) is 5.78. The fraction of sp³-hybridized carbons (Fsp3) is 0.655. The van der Waals surface area contributed by atoms with Gasteiger partial charge in [-0.3, -0.25) is 9.59 Å². The topological polar surface area (TPSA) is 75.0 Å². The minimum atomic E-state index is 0.0999. The number of benzene rings is 1. The van der Waals surface area contributed by atoms with E-state index in [1.54, 1.807) is 0 Å². The average molecular weight is 496 g/mol. The quantitative estimate of drug-likeness (QED) is 0.523. The van der Waals surface area contributed by atoms with Crippen molar-refractivity contribution in [1.82, 2.24) is 15.1 Å². The molecule has 0 bridgehead atoms. The van der Waals surface area contributed by atoms with Gasteiger partial charge in [0.2, 0.25) is 5.91 Å². The second-order valence-electron chi connectivity index (χ2n) is 10.8. The van der Waals surface area contributed by atoms with E-state index < -0.39 is 0 Å². The summed E-state index contributed by atoms with van der Waals surface area (Å²) in [6, 6.07) is 8.23. The van der Waals surface area contributed by atoms with Gasteiger partial charge in [0, 0.05) is 63.6 Å². The van der Waals surface area contributed by atoms with Gasteiger partial charge in [0.1, 0.15) is 11.3 Å². The minimum Gasteiger partial charge on any atom is -0.460 e. The number of furan rings is 1. The summed E-state index contributed by atoms with van der Waals surface area (Å²) in [5, 5.41) is 4.14. The number of piperidine rings is 1. The number of nitrogens with one attached hydrogen (secondary N) is 1. The van der Waals surface area contributed by atoms with Crippen LogP contribution in [0.5, 0.6) is 0 Å². The monoisotopic (exact) mass is 495 g/mol. The molecule has 3 fully saturated rings. The Morgan fingerprint density at radius 1 is 1.14 bits per heavy atom. The first kappa shape index (κ1) is 25.3. The van der Waals surface area contributed by atoms with Crippen molar-refractivity contribution in [2.45, 2.75) is 76.9 Å². The van der Waals surface area contributed by atoms with E-state index in [9.17, 15) is 9.59 Å². The van der Waals surface area contributed by atoms with Gasteiger partial charge < -0.3 is 24.3 Å². The predicted molar refractivity (Wildman–Crippen MR) is 140 cm³/mol. The van der Waals surface area contributed by atoms with E-state index in [0.29, 0.717) is 18.4 Å². The fourth-order valence-electron chi connectivity index (χ4n) is 6.17. The fourth-order valence-corrected chi connectivity index (χ4v) is 6.17. The highest BCUT2D eigenvalue weighted by Crippen LogP contribution is 2.30. The van der Waals surface area contributed by atoms with Crippen LogP contribution in [0.1, 0.15) is 74.4 Å². The number of nitrogens with zero attached hydrogens (tertiary/aromatic N) is 2. The molecule has 1 N–H and O–H groups in total. The third-order valence-corrected chi connectivity index (χ3v) is 8.18. The summed E-state index contributed by atoms with van der Waals surface area (Å²) in [6.07, 6.45) is 8.74. The molecule has 7 heteroatoms. The van der Waals surface area contributed by atoms with Crippen molar-refractivity contribution >= 4 is 22.8 Å². The van der Waals surface area contributed by atoms with Crippen LogP contribution < -0.4 is 5.32 Å². The van der Waals surface area contributed by atoms with Crippen molar-refractivity contribution in [2.75, 3.05) is 39.3 Å². The molecule has 0 spiro atoms. The summed E-state index contributed by atoms with van der Waals surface area (Å²) in [6.45, 7) is 7.45. The highest BCUT2D eigenvalue weighted by atomic mass is 16.5. The lowest BCUT2D eigenvalue weighted by Gasteiger charge is -2.32. The summed E-state index contributed by atoms with van der Waals surface area (Å²) >= 11 is 0.